The smallest absolute Gasteiger partial charge is 0.270 e. The van der Waals surface area contributed by atoms with Crippen LogP contribution in [0.4, 0.5) is 11.4 Å². The van der Waals surface area contributed by atoms with Crippen molar-refractivity contribution in [1.82, 2.24) is 0 Å². The van der Waals surface area contributed by atoms with Crippen molar-refractivity contribution in [2.24, 2.45) is 0 Å². The van der Waals surface area contributed by atoms with Crippen molar-refractivity contribution in [3.8, 4) is 11.8 Å². The van der Waals surface area contributed by atoms with Crippen molar-refractivity contribution in [2.45, 2.75) is 31.9 Å². The predicted molar refractivity (Wildman–Crippen MR) is 89.8 cm³/mol. The molecule has 0 saturated heterocycles. The molecule has 1 fully saturated rings. The summed E-state index contributed by atoms with van der Waals surface area (Å²) in [5, 5.41) is 23.2. The minimum absolute atomic E-state index is 0.0918. The summed E-state index contributed by atoms with van der Waals surface area (Å²) in [6.07, 6.45) is 3.67. The lowest BCUT2D eigenvalue weighted by atomic mass is 9.96. The molecule has 0 spiro atoms. The number of benzene rings is 2. The van der Waals surface area contributed by atoms with Gasteiger partial charge in [0, 0.05) is 24.2 Å². The SMILES string of the molecule is N#Cc1cc([N+](=O)[O-])ccc1NCc1ccccc1OC1CCC1. The third-order valence-electron chi connectivity index (χ3n) is 4.12. The normalized spacial score (nSPS) is 13.6. The Bertz CT molecular complexity index is 794. The summed E-state index contributed by atoms with van der Waals surface area (Å²) in [5.41, 5.74) is 1.72. The van der Waals surface area contributed by atoms with Crippen LogP contribution in [0.2, 0.25) is 0 Å². The first-order valence-corrected chi connectivity index (χ1v) is 7.84. The molecule has 0 radical (unpaired) electrons. The Hall–Kier alpha value is -3.07. The van der Waals surface area contributed by atoms with E-state index in [1.807, 2.05) is 30.3 Å². The predicted octanol–water partition coefficient (Wildman–Crippen LogP) is 4.01. The van der Waals surface area contributed by atoms with Crippen molar-refractivity contribution < 1.29 is 9.66 Å². The van der Waals surface area contributed by atoms with Crippen LogP contribution in [-0.4, -0.2) is 11.0 Å². The minimum Gasteiger partial charge on any atom is -0.490 e. The zero-order chi connectivity index (χ0) is 16.9. The first kappa shape index (κ1) is 15.8. The van der Waals surface area contributed by atoms with E-state index in [-0.39, 0.29) is 11.3 Å². The molecule has 0 bridgehead atoms. The van der Waals surface area contributed by atoms with E-state index in [2.05, 4.69) is 5.32 Å². The molecule has 122 valence electrons. The van der Waals surface area contributed by atoms with Gasteiger partial charge in [-0.15, -0.1) is 0 Å². The number of para-hydroxylation sites is 1. The third kappa shape index (κ3) is 3.46. The largest absolute Gasteiger partial charge is 0.490 e. The first-order valence-electron chi connectivity index (χ1n) is 7.84. The molecule has 1 N–H and O–H groups in total. The number of nitrogens with zero attached hydrogens (tertiary/aromatic N) is 2. The molecule has 0 aromatic heterocycles. The number of non-ortho nitro benzene ring substituents is 1. The molecule has 0 amide bonds. The summed E-state index contributed by atoms with van der Waals surface area (Å²) < 4.78 is 5.98. The van der Waals surface area contributed by atoms with Gasteiger partial charge in [0.1, 0.15) is 11.8 Å². The highest BCUT2D eigenvalue weighted by Gasteiger charge is 2.20. The Morgan fingerprint density at radius 3 is 2.75 bits per heavy atom. The molecule has 2 aromatic carbocycles. The number of hydrogen-bond donors (Lipinski definition) is 1. The Labute approximate surface area is 139 Å². The van der Waals surface area contributed by atoms with E-state index in [1.165, 1.54) is 18.6 Å². The molecule has 3 rings (SSSR count). The summed E-state index contributed by atoms with van der Waals surface area (Å²) >= 11 is 0. The van der Waals surface area contributed by atoms with E-state index < -0.39 is 4.92 Å². The lowest BCUT2D eigenvalue weighted by Crippen LogP contribution is -2.25. The van der Waals surface area contributed by atoms with E-state index >= 15 is 0 Å². The summed E-state index contributed by atoms with van der Waals surface area (Å²) in [5.74, 6) is 0.843. The highest BCUT2D eigenvalue weighted by atomic mass is 16.6. The van der Waals surface area contributed by atoms with Crippen LogP contribution in [0.3, 0.4) is 0 Å². The molecule has 6 nitrogen and oxygen atoms in total. The van der Waals surface area contributed by atoms with Gasteiger partial charge < -0.3 is 10.1 Å². The lowest BCUT2D eigenvalue weighted by Gasteiger charge is -2.27. The molecular formula is C18H17N3O3. The van der Waals surface area contributed by atoms with Crippen LogP contribution in [0, 0.1) is 21.4 Å². The van der Waals surface area contributed by atoms with Gasteiger partial charge in [-0.05, 0) is 31.4 Å². The third-order valence-corrected chi connectivity index (χ3v) is 4.12. The van der Waals surface area contributed by atoms with Gasteiger partial charge in [0.25, 0.3) is 5.69 Å². The maximum absolute atomic E-state index is 10.8. The fourth-order valence-electron chi connectivity index (χ4n) is 2.52. The van der Waals surface area contributed by atoms with Crippen LogP contribution in [0.1, 0.15) is 30.4 Å². The second-order valence-electron chi connectivity index (χ2n) is 5.73. The van der Waals surface area contributed by atoms with Crippen molar-refractivity contribution in [1.29, 1.82) is 5.26 Å². The van der Waals surface area contributed by atoms with E-state index in [1.54, 1.807) is 6.07 Å². The van der Waals surface area contributed by atoms with Crippen LogP contribution in [0.25, 0.3) is 0 Å². The standard InChI is InChI=1S/C18H17N3O3/c19-11-14-10-15(21(22)23)8-9-17(14)20-12-13-4-1-2-7-18(13)24-16-5-3-6-16/h1-2,4,7-10,16,20H,3,5-6,12H2. The minimum atomic E-state index is -0.508. The van der Waals surface area contributed by atoms with Gasteiger partial charge in [0.2, 0.25) is 0 Å². The van der Waals surface area contributed by atoms with Gasteiger partial charge in [-0.2, -0.15) is 5.26 Å². The number of anilines is 1. The van der Waals surface area contributed by atoms with E-state index in [9.17, 15) is 15.4 Å². The Balaban J connectivity index is 1.74. The number of nitrogens with one attached hydrogen (secondary N) is 1. The Morgan fingerprint density at radius 1 is 1.29 bits per heavy atom. The molecule has 1 aliphatic rings. The first-order chi connectivity index (χ1) is 11.7. The molecule has 0 unspecified atom stereocenters. The second-order valence-corrected chi connectivity index (χ2v) is 5.73. The number of nitro groups is 1. The average molecular weight is 323 g/mol. The Kier molecular flexibility index (Phi) is 4.62. The zero-order valence-corrected chi connectivity index (χ0v) is 13.1. The van der Waals surface area contributed by atoms with Crippen molar-refractivity contribution >= 4 is 11.4 Å². The van der Waals surface area contributed by atoms with Gasteiger partial charge in [-0.1, -0.05) is 18.2 Å². The molecule has 0 heterocycles. The summed E-state index contributed by atoms with van der Waals surface area (Å²) in [6.45, 7) is 0.482. The fourth-order valence-corrected chi connectivity index (χ4v) is 2.52. The maximum Gasteiger partial charge on any atom is 0.270 e. The fraction of sp³-hybridized carbons (Fsp3) is 0.278. The molecule has 1 saturated carbocycles. The van der Waals surface area contributed by atoms with Gasteiger partial charge in [-0.3, -0.25) is 10.1 Å². The van der Waals surface area contributed by atoms with Crippen molar-refractivity contribution in [2.75, 3.05) is 5.32 Å². The molecule has 1 aliphatic carbocycles. The molecule has 2 aromatic rings. The number of hydrogen-bond acceptors (Lipinski definition) is 5. The van der Waals surface area contributed by atoms with Crippen LogP contribution in [0.15, 0.2) is 42.5 Å². The zero-order valence-electron chi connectivity index (χ0n) is 13.1. The number of ether oxygens (including phenoxy) is 1. The van der Waals surface area contributed by atoms with Gasteiger partial charge in [0.15, 0.2) is 0 Å². The highest BCUT2D eigenvalue weighted by Crippen LogP contribution is 2.28. The maximum atomic E-state index is 10.8. The van der Waals surface area contributed by atoms with Gasteiger partial charge in [0.05, 0.1) is 22.3 Å². The van der Waals surface area contributed by atoms with Crippen molar-refractivity contribution in [3.63, 3.8) is 0 Å². The van der Waals surface area contributed by atoms with Gasteiger partial charge >= 0.3 is 0 Å². The second kappa shape index (κ2) is 7.01. The average Bonchev–Trinajstić information content (AvgIpc) is 2.56. The van der Waals surface area contributed by atoms with E-state index in [0.29, 0.717) is 18.3 Å². The number of rotatable bonds is 6. The van der Waals surface area contributed by atoms with Crippen LogP contribution < -0.4 is 10.1 Å². The molecule has 0 atom stereocenters. The Morgan fingerprint density at radius 2 is 2.08 bits per heavy atom. The lowest BCUT2D eigenvalue weighted by molar-refractivity contribution is -0.384. The molecular weight excluding hydrogens is 306 g/mol. The number of nitro benzene ring substituents is 1. The summed E-state index contributed by atoms with van der Waals surface area (Å²) in [7, 11) is 0. The van der Waals surface area contributed by atoms with E-state index in [0.717, 1.165) is 24.2 Å². The number of nitriles is 1. The highest BCUT2D eigenvalue weighted by molar-refractivity contribution is 5.61. The van der Waals surface area contributed by atoms with Crippen LogP contribution in [0.5, 0.6) is 5.75 Å². The summed E-state index contributed by atoms with van der Waals surface area (Å²) in [6, 6.07) is 14.0. The molecule has 6 heteroatoms. The molecule has 0 aliphatic heterocycles. The van der Waals surface area contributed by atoms with Crippen LogP contribution in [-0.2, 0) is 6.54 Å². The van der Waals surface area contributed by atoms with Crippen molar-refractivity contribution in [3.05, 3.63) is 63.7 Å². The topological polar surface area (TPSA) is 88.2 Å². The van der Waals surface area contributed by atoms with Crippen LogP contribution >= 0.6 is 0 Å². The molecule has 24 heavy (non-hydrogen) atoms. The quantitative estimate of drug-likeness (QED) is 0.641. The van der Waals surface area contributed by atoms with E-state index in [4.69, 9.17) is 4.74 Å². The summed E-state index contributed by atoms with van der Waals surface area (Å²) in [4.78, 5) is 10.3. The van der Waals surface area contributed by atoms with Gasteiger partial charge in [-0.25, -0.2) is 0 Å². The monoisotopic (exact) mass is 323 g/mol.